The summed E-state index contributed by atoms with van der Waals surface area (Å²) in [5, 5.41) is 21.2. The molecule has 0 aromatic heterocycles. The lowest BCUT2D eigenvalue weighted by atomic mass is 10.1. The van der Waals surface area contributed by atoms with E-state index in [4.69, 9.17) is 14.9 Å². The van der Waals surface area contributed by atoms with Gasteiger partial charge in [-0.1, -0.05) is 0 Å². The minimum atomic E-state index is -0.478. The van der Waals surface area contributed by atoms with E-state index >= 15 is 0 Å². The first-order chi connectivity index (χ1) is 16.9. The molecule has 0 radical (unpaired) electrons. The van der Waals surface area contributed by atoms with Gasteiger partial charge in [0.05, 0.1) is 12.2 Å². The Morgan fingerprint density at radius 2 is 1.77 bits per heavy atom. The van der Waals surface area contributed by atoms with Crippen molar-refractivity contribution < 1.29 is 29.5 Å². The summed E-state index contributed by atoms with van der Waals surface area (Å²) in [5.74, 6) is 0.884. The quantitative estimate of drug-likeness (QED) is 0.321. The van der Waals surface area contributed by atoms with Crippen molar-refractivity contribution in [2.45, 2.75) is 32.3 Å². The molecule has 1 heterocycles. The third-order valence-electron chi connectivity index (χ3n) is 5.46. The largest absolute Gasteiger partial charge is 0.488 e. The zero-order valence-corrected chi connectivity index (χ0v) is 20.1. The summed E-state index contributed by atoms with van der Waals surface area (Å²) < 4.78 is 11.7. The molecular formula is C26H33N4O5+. The zero-order chi connectivity index (χ0) is 25.2. The van der Waals surface area contributed by atoms with Crippen molar-refractivity contribution in [2.24, 2.45) is 0 Å². The van der Waals surface area contributed by atoms with Gasteiger partial charge in [-0.3, -0.25) is 10.2 Å². The summed E-state index contributed by atoms with van der Waals surface area (Å²) >= 11 is 0. The molecule has 2 aromatic rings. The van der Waals surface area contributed by atoms with Gasteiger partial charge in [-0.2, -0.15) is 0 Å². The van der Waals surface area contributed by atoms with Gasteiger partial charge >= 0.3 is 5.91 Å². The maximum Gasteiger partial charge on any atom is 0.349 e. The lowest BCUT2D eigenvalue weighted by Crippen LogP contribution is -2.91. The number of piperidine rings is 1. The summed E-state index contributed by atoms with van der Waals surface area (Å²) in [5.41, 5.74) is 0.883. The predicted octanol–water partition coefficient (Wildman–Crippen LogP) is 2.28. The average Bonchev–Trinajstić information content (AvgIpc) is 2.87. The number of amides is 2. The van der Waals surface area contributed by atoms with E-state index in [1.165, 1.54) is 11.4 Å². The van der Waals surface area contributed by atoms with Gasteiger partial charge in [-0.25, -0.2) is 10.1 Å². The van der Waals surface area contributed by atoms with E-state index < -0.39 is 6.10 Å². The molecule has 2 amide bonds. The Balaban J connectivity index is 1.77. The average molecular weight is 482 g/mol. The van der Waals surface area contributed by atoms with Gasteiger partial charge in [0, 0.05) is 44.0 Å². The fourth-order valence-corrected chi connectivity index (χ4v) is 3.64. The molecule has 1 fully saturated rings. The number of benzene rings is 2. The Morgan fingerprint density at radius 1 is 1.09 bits per heavy atom. The highest BCUT2D eigenvalue weighted by molar-refractivity contribution is 5.96. The summed E-state index contributed by atoms with van der Waals surface area (Å²) in [6.45, 7) is 3.09. The number of aliphatic hydroxyl groups excluding tert-OH is 1. The number of quaternary nitrogens is 1. The van der Waals surface area contributed by atoms with Crippen LogP contribution >= 0.6 is 0 Å². The van der Waals surface area contributed by atoms with Crippen molar-refractivity contribution in [3.05, 3.63) is 65.9 Å². The van der Waals surface area contributed by atoms with Crippen LogP contribution in [0.2, 0.25) is 0 Å². The van der Waals surface area contributed by atoms with Crippen molar-refractivity contribution in [3.8, 4) is 17.2 Å². The maximum absolute atomic E-state index is 12.7. The van der Waals surface area contributed by atoms with Crippen LogP contribution in [0.4, 0.5) is 0 Å². The third kappa shape index (κ3) is 7.66. The summed E-state index contributed by atoms with van der Waals surface area (Å²) in [6, 6.07) is 11.6. The SMILES string of the molecule is CN/C=C\C(=N)[NH2+]C(=O)c1cc(Oc2ccc(C(=O)N3CCCCC3)cc2)cc(O[C@@H](C)CO)c1. The van der Waals surface area contributed by atoms with Crippen LogP contribution in [0.15, 0.2) is 54.7 Å². The van der Waals surface area contributed by atoms with E-state index in [-0.39, 0.29) is 29.8 Å². The highest BCUT2D eigenvalue weighted by atomic mass is 16.5. The van der Waals surface area contributed by atoms with Crippen molar-refractivity contribution in [3.63, 3.8) is 0 Å². The number of aliphatic hydroxyl groups is 1. The van der Waals surface area contributed by atoms with E-state index in [0.29, 0.717) is 22.8 Å². The van der Waals surface area contributed by atoms with Crippen molar-refractivity contribution in [2.75, 3.05) is 26.7 Å². The molecule has 1 aliphatic rings. The molecule has 0 aliphatic carbocycles. The number of nitrogens with one attached hydrogen (secondary N) is 2. The summed E-state index contributed by atoms with van der Waals surface area (Å²) in [4.78, 5) is 27.3. The van der Waals surface area contributed by atoms with Crippen LogP contribution in [0.1, 0.15) is 46.9 Å². The Hall–Kier alpha value is -3.69. The zero-order valence-electron chi connectivity index (χ0n) is 20.1. The number of hydrogen-bond acceptors (Lipinski definition) is 7. The lowest BCUT2D eigenvalue weighted by molar-refractivity contribution is -0.429. The van der Waals surface area contributed by atoms with Crippen LogP contribution in [-0.4, -0.2) is 60.5 Å². The first kappa shape index (κ1) is 25.9. The topological polar surface area (TPSA) is 129 Å². The first-order valence-corrected chi connectivity index (χ1v) is 11.7. The first-order valence-electron chi connectivity index (χ1n) is 11.7. The second-order valence-electron chi connectivity index (χ2n) is 8.37. The van der Waals surface area contributed by atoms with Gasteiger partial charge < -0.3 is 24.8 Å². The van der Waals surface area contributed by atoms with Gasteiger partial charge in [0.1, 0.15) is 23.4 Å². The Morgan fingerprint density at radius 3 is 2.43 bits per heavy atom. The van der Waals surface area contributed by atoms with Crippen molar-refractivity contribution in [1.29, 1.82) is 5.41 Å². The number of carbonyl (C=O) groups excluding carboxylic acids is 2. The number of primary amides is 1. The Labute approximate surface area is 205 Å². The van der Waals surface area contributed by atoms with E-state index in [1.807, 2.05) is 4.90 Å². The standard InChI is InChI=1S/C26H32N4O5/c1-18(17-31)34-22-14-20(25(32)29-24(27)10-11-28-2)15-23(16-22)35-21-8-6-19(7-9-21)26(33)30-12-4-3-5-13-30/h6-11,14-16,18,28,31H,3-5,12-13,17H2,1-2H3,(H2,27,29,32)/p+1/b11-10-/t18-/m0/s1. The molecule has 1 atom stereocenters. The molecule has 1 aliphatic heterocycles. The normalized spacial score (nSPS) is 14.4. The number of carbonyl (C=O) groups is 2. The van der Waals surface area contributed by atoms with Gasteiger partial charge in [0.15, 0.2) is 0 Å². The molecule has 9 heteroatoms. The molecule has 0 spiro atoms. The van der Waals surface area contributed by atoms with E-state index in [9.17, 15) is 14.7 Å². The van der Waals surface area contributed by atoms with Crippen LogP contribution in [-0.2, 0) is 0 Å². The minimum Gasteiger partial charge on any atom is -0.488 e. The smallest absolute Gasteiger partial charge is 0.349 e. The molecule has 0 unspecified atom stereocenters. The molecule has 9 nitrogen and oxygen atoms in total. The highest BCUT2D eigenvalue weighted by Crippen LogP contribution is 2.28. The van der Waals surface area contributed by atoms with Crippen LogP contribution in [0.5, 0.6) is 17.2 Å². The van der Waals surface area contributed by atoms with Gasteiger partial charge in [0.25, 0.3) is 5.91 Å². The Bertz CT molecular complexity index is 1060. The molecule has 1 saturated heterocycles. The third-order valence-corrected chi connectivity index (χ3v) is 5.46. The molecule has 35 heavy (non-hydrogen) atoms. The van der Waals surface area contributed by atoms with Crippen LogP contribution in [0.3, 0.4) is 0 Å². The second kappa shape index (κ2) is 12.7. The molecule has 0 bridgehead atoms. The van der Waals surface area contributed by atoms with Crippen LogP contribution in [0, 0.1) is 5.41 Å². The number of ether oxygens (including phenoxy) is 2. The van der Waals surface area contributed by atoms with Crippen LogP contribution < -0.4 is 20.1 Å². The van der Waals surface area contributed by atoms with Crippen molar-refractivity contribution >= 4 is 17.6 Å². The van der Waals surface area contributed by atoms with Crippen molar-refractivity contribution in [1.82, 2.24) is 10.2 Å². The maximum atomic E-state index is 12.7. The number of hydrogen-bond donors (Lipinski definition) is 4. The number of rotatable bonds is 9. The van der Waals surface area contributed by atoms with Gasteiger partial charge in [-0.15, -0.1) is 0 Å². The molecular weight excluding hydrogens is 448 g/mol. The van der Waals surface area contributed by atoms with E-state index in [1.54, 1.807) is 62.6 Å². The summed E-state index contributed by atoms with van der Waals surface area (Å²) in [6.07, 6.45) is 5.77. The van der Waals surface area contributed by atoms with Crippen LogP contribution in [0.25, 0.3) is 0 Å². The summed E-state index contributed by atoms with van der Waals surface area (Å²) in [7, 11) is 1.70. The number of amidine groups is 1. The van der Waals surface area contributed by atoms with Gasteiger partial charge in [-0.05, 0) is 62.6 Å². The van der Waals surface area contributed by atoms with E-state index in [0.717, 1.165) is 32.4 Å². The monoisotopic (exact) mass is 481 g/mol. The minimum absolute atomic E-state index is 0.0165. The number of nitrogens with two attached hydrogens (primary N) is 1. The molecule has 2 aromatic carbocycles. The fraction of sp³-hybridized carbons (Fsp3) is 0.346. The predicted molar refractivity (Wildman–Crippen MR) is 132 cm³/mol. The number of nitrogens with zero attached hydrogens (tertiary/aromatic N) is 1. The number of likely N-dealkylation sites (tertiary alicyclic amines) is 1. The fourth-order valence-electron chi connectivity index (χ4n) is 3.64. The Kier molecular flexibility index (Phi) is 9.39. The van der Waals surface area contributed by atoms with E-state index in [2.05, 4.69) is 5.32 Å². The molecule has 5 N–H and O–H groups in total. The van der Waals surface area contributed by atoms with Gasteiger partial charge in [0.2, 0.25) is 5.84 Å². The lowest BCUT2D eigenvalue weighted by Gasteiger charge is -2.26. The molecule has 186 valence electrons. The second-order valence-corrected chi connectivity index (χ2v) is 8.37. The molecule has 3 rings (SSSR count). The molecule has 0 saturated carbocycles. The highest BCUT2D eigenvalue weighted by Gasteiger charge is 2.19.